The number of carbonyl (C=O) groups is 1. The number of nitrogens with two attached hydrogens (primary N) is 1. The van der Waals surface area contributed by atoms with Gasteiger partial charge in [0, 0.05) is 19.3 Å². The molecule has 2 N–H and O–H groups in total. The lowest BCUT2D eigenvalue weighted by Crippen LogP contribution is -2.18. The van der Waals surface area contributed by atoms with Crippen LogP contribution in [0.25, 0.3) is 0 Å². The number of likely N-dealkylation sites (N-methyl/N-ethyl adjacent to an activating group) is 1. The summed E-state index contributed by atoms with van der Waals surface area (Å²) in [7, 11) is 2.09. The molecule has 3 nitrogen and oxygen atoms in total. The first-order chi connectivity index (χ1) is 7.09. The van der Waals surface area contributed by atoms with Crippen molar-refractivity contribution in [3.05, 3.63) is 29.3 Å². The predicted octanol–water partition coefficient (Wildman–Crippen LogP) is 1.69. The van der Waals surface area contributed by atoms with Crippen LogP contribution in [-0.2, 0) is 11.2 Å². The Balaban J connectivity index is 0.00000128. The molecule has 4 heteroatoms. The quantitative estimate of drug-likeness (QED) is 0.855. The second-order valence-electron chi connectivity index (χ2n) is 4.18. The standard InChI is InChI=1S/C12H16N2O.ClH/c1-8(12(13)15)9-3-4-11-10(7-9)5-6-14(11)2;/h3-4,7-8H,5-6H2,1-2H3,(H2,13,15);1H. The minimum absolute atomic E-state index is 0. The number of fused-ring (bicyclic) bond motifs is 1. The van der Waals surface area contributed by atoms with Gasteiger partial charge in [-0.25, -0.2) is 0 Å². The van der Waals surface area contributed by atoms with Crippen molar-refractivity contribution >= 4 is 24.0 Å². The lowest BCUT2D eigenvalue weighted by Gasteiger charge is -2.13. The number of halogens is 1. The molecule has 0 aliphatic carbocycles. The predicted molar refractivity (Wildman–Crippen MR) is 68.3 cm³/mol. The average molecular weight is 241 g/mol. The fraction of sp³-hybridized carbons (Fsp3) is 0.417. The Kier molecular flexibility index (Phi) is 3.81. The van der Waals surface area contributed by atoms with Crippen molar-refractivity contribution in [1.29, 1.82) is 0 Å². The third kappa shape index (κ3) is 2.14. The molecular formula is C12H17ClN2O. The van der Waals surface area contributed by atoms with Crippen molar-refractivity contribution in [2.24, 2.45) is 5.73 Å². The molecule has 1 aromatic carbocycles. The molecule has 0 spiro atoms. The summed E-state index contributed by atoms with van der Waals surface area (Å²) in [5.74, 6) is -0.456. The van der Waals surface area contributed by atoms with Gasteiger partial charge in [-0.15, -0.1) is 12.4 Å². The summed E-state index contributed by atoms with van der Waals surface area (Å²) in [6, 6.07) is 6.18. The number of benzene rings is 1. The molecule has 1 aliphatic heterocycles. The molecule has 0 bridgehead atoms. The molecule has 88 valence electrons. The highest BCUT2D eigenvalue weighted by atomic mass is 35.5. The van der Waals surface area contributed by atoms with E-state index < -0.39 is 0 Å². The van der Waals surface area contributed by atoms with Gasteiger partial charge in [-0.05, 0) is 30.5 Å². The number of amides is 1. The maximum atomic E-state index is 11.1. The zero-order valence-electron chi connectivity index (χ0n) is 9.56. The highest BCUT2D eigenvalue weighted by molar-refractivity contribution is 5.85. The first kappa shape index (κ1) is 12.8. The minimum atomic E-state index is -0.263. The monoisotopic (exact) mass is 240 g/mol. The van der Waals surface area contributed by atoms with Gasteiger partial charge in [0.15, 0.2) is 0 Å². The van der Waals surface area contributed by atoms with Crippen molar-refractivity contribution in [2.75, 3.05) is 18.5 Å². The molecule has 1 atom stereocenters. The number of hydrogen-bond acceptors (Lipinski definition) is 2. The smallest absolute Gasteiger partial charge is 0.224 e. The normalized spacial score (nSPS) is 15.2. The average Bonchev–Trinajstić information content (AvgIpc) is 2.59. The largest absolute Gasteiger partial charge is 0.374 e. The molecule has 2 rings (SSSR count). The summed E-state index contributed by atoms with van der Waals surface area (Å²) >= 11 is 0. The van der Waals surface area contributed by atoms with Gasteiger partial charge in [-0.1, -0.05) is 12.1 Å². The number of carbonyl (C=O) groups excluding carboxylic acids is 1. The van der Waals surface area contributed by atoms with E-state index in [4.69, 9.17) is 5.73 Å². The fourth-order valence-electron chi connectivity index (χ4n) is 2.02. The van der Waals surface area contributed by atoms with Crippen molar-refractivity contribution in [1.82, 2.24) is 0 Å². The summed E-state index contributed by atoms with van der Waals surface area (Å²) in [5, 5.41) is 0. The Hall–Kier alpha value is -1.22. The fourth-order valence-corrected chi connectivity index (χ4v) is 2.02. The van der Waals surface area contributed by atoms with Crippen LogP contribution in [0.1, 0.15) is 24.0 Å². The van der Waals surface area contributed by atoms with Gasteiger partial charge in [-0.2, -0.15) is 0 Å². The molecule has 0 radical (unpaired) electrons. The maximum absolute atomic E-state index is 11.1. The number of anilines is 1. The molecule has 1 unspecified atom stereocenters. The molecule has 0 fully saturated rings. The van der Waals surface area contributed by atoms with E-state index in [1.807, 2.05) is 13.0 Å². The van der Waals surface area contributed by atoms with Crippen LogP contribution in [0.4, 0.5) is 5.69 Å². The summed E-state index contributed by atoms with van der Waals surface area (Å²) < 4.78 is 0. The Bertz CT molecular complexity index is 406. The highest BCUT2D eigenvalue weighted by Crippen LogP contribution is 2.29. The number of hydrogen-bond donors (Lipinski definition) is 1. The van der Waals surface area contributed by atoms with E-state index in [0.29, 0.717) is 0 Å². The summed E-state index contributed by atoms with van der Waals surface area (Å²) in [5.41, 5.74) is 8.91. The topological polar surface area (TPSA) is 46.3 Å². The molecular weight excluding hydrogens is 224 g/mol. The molecule has 1 heterocycles. The lowest BCUT2D eigenvalue weighted by molar-refractivity contribution is -0.119. The summed E-state index contributed by atoms with van der Waals surface area (Å²) in [6.45, 7) is 2.91. The van der Waals surface area contributed by atoms with Gasteiger partial charge < -0.3 is 10.6 Å². The van der Waals surface area contributed by atoms with Crippen LogP contribution in [0, 0.1) is 0 Å². The van der Waals surface area contributed by atoms with Crippen LogP contribution in [0.3, 0.4) is 0 Å². The molecule has 0 saturated carbocycles. The highest BCUT2D eigenvalue weighted by Gasteiger charge is 2.18. The van der Waals surface area contributed by atoms with Crippen LogP contribution in [0.5, 0.6) is 0 Å². The van der Waals surface area contributed by atoms with Crippen LogP contribution < -0.4 is 10.6 Å². The number of rotatable bonds is 2. The van der Waals surface area contributed by atoms with Crippen LogP contribution >= 0.6 is 12.4 Å². The Morgan fingerprint density at radius 3 is 2.81 bits per heavy atom. The van der Waals surface area contributed by atoms with Crippen molar-refractivity contribution in [2.45, 2.75) is 19.3 Å². The SMILES string of the molecule is CC(C(N)=O)c1ccc2c(c1)CCN2C.Cl. The van der Waals surface area contributed by atoms with E-state index in [9.17, 15) is 4.79 Å². The summed E-state index contributed by atoms with van der Waals surface area (Å²) in [6.07, 6.45) is 1.06. The van der Waals surface area contributed by atoms with E-state index in [-0.39, 0.29) is 24.2 Å². The zero-order chi connectivity index (χ0) is 11.0. The van der Waals surface area contributed by atoms with Gasteiger partial charge in [0.05, 0.1) is 5.92 Å². The molecule has 1 amide bonds. The lowest BCUT2D eigenvalue weighted by atomic mass is 9.97. The zero-order valence-corrected chi connectivity index (χ0v) is 10.4. The molecule has 0 saturated heterocycles. The third-order valence-electron chi connectivity index (χ3n) is 3.16. The van der Waals surface area contributed by atoms with Gasteiger partial charge in [-0.3, -0.25) is 4.79 Å². The van der Waals surface area contributed by atoms with Crippen molar-refractivity contribution in [3.63, 3.8) is 0 Å². The first-order valence-corrected chi connectivity index (χ1v) is 5.23. The number of primary amides is 1. The van der Waals surface area contributed by atoms with Gasteiger partial charge in [0.25, 0.3) is 0 Å². The number of nitrogens with zero attached hydrogens (tertiary/aromatic N) is 1. The molecule has 0 aromatic heterocycles. The maximum Gasteiger partial charge on any atom is 0.224 e. The second-order valence-corrected chi connectivity index (χ2v) is 4.18. The van der Waals surface area contributed by atoms with Crippen LogP contribution in [0.15, 0.2) is 18.2 Å². The van der Waals surface area contributed by atoms with Gasteiger partial charge >= 0.3 is 0 Å². The second kappa shape index (κ2) is 4.74. The van der Waals surface area contributed by atoms with Crippen LogP contribution in [-0.4, -0.2) is 19.5 Å². The van der Waals surface area contributed by atoms with Crippen molar-refractivity contribution in [3.8, 4) is 0 Å². The summed E-state index contributed by atoms with van der Waals surface area (Å²) in [4.78, 5) is 13.3. The molecule has 16 heavy (non-hydrogen) atoms. The minimum Gasteiger partial charge on any atom is -0.374 e. The Labute approximate surface area is 102 Å². The van der Waals surface area contributed by atoms with E-state index >= 15 is 0 Å². The van der Waals surface area contributed by atoms with E-state index in [1.165, 1.54) is 11.3 Å². The third-order valence-corrected chi connectivity index (χ3v) is 3.16. The van der Waals surface area contributed by atoms with Gasteiger partial charge in [0.2, 0.25) is 5.91 Å². The molecule has 1 aromatic rings. The Morgan fingerprint density at radius 2 is 2.19 bits per heavy atom. The van der Waals surface area contributed by atoms with Crippen LogP contribution in [0.2, 0.25) is 0 Å². The first-order valence-electron chi connectivity index (χ1n) is 5.23. The van der Waals surface area contributed by atoms with E-state index in [1.54, 1.807) is 0 Å². The van der Waals surface area contributed by atoms with Gasteiger partial charge in [0.1, 0.15) is 0 Å². The Morgan fingerprint density at radius 1 is 1.50 bits per heavy atom. The van der Waals surface area contributed by atoms with E-state index in [0.717, 1.165) is 18.5 Å². The van der Waals surface area contributed by atoms with E-state index in [2.05, 4.69) is 24.1 Å². The van der Waals surface area contributed by atoms with Crippen molar-refractivity contribution < 1.29 is 4.79 Å². The molecule has 1 aliphatic rings.